The molecule has 2 heterocycles. The van der Waals surface area contributed by atoms with Crippen molar-refractivity contribution in [1.29, 1.82) is 5.41 Å². The summed E-state index contributed by atoms with van der Waals surface area (Å²) in [4.78, 5) is 32.4. The normalized spacial score (nSPS) is 12.1. The van der Waals surface area contributed by atoms with Crippen LogP contribution in [0.4, 0.5) is 21.8 Å². The number of aliphatic imine (C=N–C) groups is 1. The first-order valence-corrected chi connectivity index (χ1v) is 11.2. The molecule has 1 unspecified atom stereocenters. The number of halogens is 2. The third kappa shape index (κ3) is 6.65. The minimum Gasteiger partial charge on any atom is -0.478 e. The first-order valence-electron chi connectivity index (χ1n) is 10.8. The van der Waals surface area contributed by atoms with E-state index in [0.29, 0.717) is 28.1 Å². The molecule has 2 aromatic carbocycles. The molecule has 37 heavy (non-hydrogen) atoms. The molecule has 0 bridgehead atoms. The van der Waals surface area contributed by atoms with Crippen molar-refractivity contribution in [3.8, 4) is 11.1 Å². The third-order valence-corrected chi connectivity index (χ3v) is 5.33. The van der Waals surface area contributed by atoms with E-state index in [2.05, 4.69) is 30.2 Å². The number of carboxylic acids is 1. The van der Waals surface area contributed by atoms with Gasteiger partial charge < -0.3 is 15.8 Å². The second-order valence-electron chi connectivity index (χ2n) is 7.59. The summed E-state index contributed by atoms with van der Waals surface area (Å²) in [6, 6.07) is 13.0. The Bertz CT molecular complexity index is 1500. The molecular formula is C26H19ClFN7O2. The van der Waals surface area contributed by atoms with Gasteiger partial charge in [0.05, 0.1) is 16.6 Å². The number of anilines is 2. The van der Waals surface area contributed by atoms with Crippen LogP contribution in [-0.4, -0.2) is 43.4 Å². The number of carbonyl (C=O) groups is 1. The summed E-state index contributed by atoms with van der Waals surface area (Å²) in [7, 11) is 0. The highest BCUT2D eigenvalue weighted by molar-refractivity contribution is 6.31. The van der Waals surface area contributed by atoms with Gasteiger partial charge in [-0.25, -0.2) is 29.1 Å². The number of aliphatic carboxylic acids is 1. The second-order valence-corrected chi connectivity index (χ2v) is 7.99. The lowest BCUT2D eigenvalue weighted by Gasteiger charge is -2.11. The SMILES string of the molecule is N=CC(C=Nc1nc(Nc2ccc(F)c(Cl)c2)ncc1-c1cccc(/C=C/C(=O)O)c1)c1ccncn1. The summed E-state index contributed by atoms with van der Waals surface area (Å²) in [5.74, 6) is -1.66. The largest absolute Gasteiger partial charge is 0.478 e. The number of hydrogen-bond acceptors (Lipinski definition) is 8. The summed E-state index contributed by atoms with van der Waals surface area (Å²) >= 11 is 5.88. The fourth-order valence-corrected chi connectivity index (χ4v) is 3.45. The predicted octanol–water partition coefficient (Wildman–Crippen LogP) is 5.70. The Morgan fingerprint density at radius 3 is 2.78 bits per heavy atom. The van der Waals surface area contributed by atoms with E-state index in [4.69, 9.17) is 22.1 Å². The van der Waals surface area contributed by atoms with E-state index in [9.17, 15) is 9.18 Å². The molecule has 2 aromatic heterocycles. The highest BCUT2D eigenvalue weighted by Gasteiger charge is 2.12. The Morgan fingerprint density at radius 2 is 2.05 bits per heavy atom. The maximum atomic E-state index is 13.5. The van der Waals surface area contributed by atoms with E-state index in [0.717, 1.165) is 6.08 Å². The van der Waals surface area contributed by atoms with Gasteiger partial charge >= 0.3 is 5.97 Å². The summed E-state index contributed by atoms with van der Waals surface area (Å²) in [5.41, 5.74) is 2.99. The molecule has 0 aliphatic carbocycles. The quantitative estimate of drug-likeness (QED) is 0.192. The molecule has 1 atom stereocenters. The van der Waals surface area contributed by atoms with E-state index in [1.165, 1.54) is 43.0 Å². The fraction of sp³-hybridized carbons (Fsp3) is 0.0385. The van der Waals surface area contributed by atoms with Crippen LogP contribution in [0.15, 0.2) is 78.3 Å². The zero-order valence-corrected chi connectivity index (χ0v) is 19.8. The monoisotopic (exact) mass is 515 g/mol. The van der Waals surface area contributed by atoms with Crippen molar-refractivity contribution in [1.82, 2.24) is 19.9 Å². The van der Waals surface area contributed by atoms with Crippen molar-refractivity contribution in [3.63, 3.8) is 0 Å². The zero-order valence-electron chi connectivity index (χ0n) is 19.1. The van der Waals surface area contributed by atoms with Crippen LogP contribution >= 0.6 is 11.6 Å². The number of hydrogen-bond donors (Lipinski definition) is 3. The first kappa shape index (κ1) is 25.3. The fourth-order valence-electron chi connectivity index (χ4n) is 3.27. The highest BCUT2D eigenvalue weighted by Crippen LogP contribution is 2.31. The molecule has 0 aliphatic heterocycles. The number of benzene rings is 2. The molecule has 0 fully saturated rings. The van der Waals surface area contributed by atoms with Crippen LogP contribution in [0, 0.1) is 11.2 Å². The smallest absolute Gasteiger partial charge is 0.328 e. The van der Waals surface area contributed by atoms with Crippen LogP contribution in [0.3, 0.4) is 0 Å². The van der Waals surface area contributed by atoms with Gasteiger partial charge in [0.25, 0.3) is 0 Å². The summed E-state index contributed by atoms with van der Waals surface area (Å²) in [6.45, 7) is 0. The molecule has 4 rings (SSSR count). The number of nitrogens with zero attached hydrogens (tertiary/aromatic N) is 5. The lowest BCUT2D eigenvalue weighted by Crippen LogP contribution is -2.04. The topological polar surface area (TPSA) is 137 Å². The van der Waals surface area contributed by atoms with Gasteiger partial charge in [0.2, 0.25) is 5.95 Å². The van der Waals surface area contributed by atoms with E-state index < -0.39 is 17.7 Å². The molecular weight excluding hydrogens is 497 g/mol. The van der Waals surface area contributed by atoms with Crippen molar-refractivity contribution in [2.24, 2.45) is 4.99 Å². The average molecular weight is 516 g/mol. The summed E-state index contributed by atoms with van der Waals surface area (Å²) in [6.07, 6.45) is 9.79. The molecule has 0 spiro atoms. The number of carboxylic acid groups (broad SMARTS) is 1. The lowest BCUT2D eigenvalue weighted by molar-refractivity contribution is -0.131. The Labute approximate surface area is 216 Å². The molecule has 0 saturated carbocycles. The number of aromatic nitrogens is 4. The van der Waals surface area contributed by atoms with Crippen molar-refractivity contribution >= 4 is 53.5 Å². The Kier molecular flexibility index (Phi) is 8.01. The van der Waals surface area contributed by atoms with E-state index in [-0.39, 0.29) is 16.8 Å². The van der Waals surface area contributed by atoms with Crippen LogP contribution in [0.1, 0.15) is 17.2 Å². The van der Waals surface area contributed by atoms with Crippen molar-refractivity contribution < 1.29 is 14.3 Å². The first-order chi connectivity index (χ1) is 17.9. The Morgan fingerprint density at radius 1 is 1.19 bits per heavy atom. The van der Waals surface area contributed by atoms with E-state index >= 15 is 0 Å². The Hall–Kier alpha value is -4.83. The molecule has 184 valence electrons. The maximum Gasteiger partial charge on any atom is 0.328 e. The molecule has 4 aromatic rings. The van der Waals surface area contributed by atoms with E-state index in [1.54, 1.807) is 36.7 Å². The molecule has 3 N–H and O–H groups in total. The summed E-state index contributed by atoms with van der Waals surface area (Å²) in [5, 5.41) is 19.7. The highest BCUT2D eigenvalue weighted by atomic mass is 35.5. The molecule has 0 aliphatic rings. The minimum atomic E-state index is -1.06. The van der Waals surface area contributed by atoms with Gasteiger partial charge in [0, 0.05) is 42.1 Å². The van der Waals surface area contributed by atoms with Crippen molar-refractivity contribution in [3.05, 3.63) is 95.4 Å². The van der Waals surface area contributed by atoms with Crippen molar-refractivity contribution in [2.75, 3.05) is 5.32 Å². The average Bonchev–Trinajstić information content (AvgIpc) is 2.91. The van der Waals surface area contributed by atoms with Crippen LogP contribution in [0.25, 0.3) is 17.2 Å². The van der Waals surface area contributed by atoms with Gasteiger partial charge in [-0.05, 0) is 47.5 Å². The molecule has 0 radical (unpaired) electrons. The van der Waals surface area contributed by atoms with E-state index in [1.807, 2.05) is 6.07 Å². The minimum absolute atomic E-state index is 0.0511. The van der Waals surface area contributed by atoms with Gasteiger partial charge in [-0.15, -0.1) is 0 Å². The van der Waals surface area contributed by atoms with Gasteiger partial charge in [-0.3, -0.25) is 0 Å². The second kappa shape index (κ2) is 11.7. The van der Waals surface area contributed by atoms with Crippen LogP contribution < -0.4 is 5.32 Å². The van der Waals surface area contributed by atoms with Crippen molar-refractivity contribution in [2.45, 2.75) is 5.92 Å². The lowest BCUT2D eigenvalue weighted by atomic mass is 10.0. The maximum absolute atomic E-state index is 13.5. The Balaban J connectivity index is 1.74. The molecule has 9 nitrogen and oxygen atoms in total. The molecule has 0 amide bonds. The van der Waals surface area contributed by atoms with Gasteiger partial charge in [-0.1, -0.05) is 29.8 Å². The van der Waals surface area contributed by atoms with Crippen LogP contribution in [0.2, 0.25) is 5.02 Å². The van der Waals surface area contributed by atoms with Crippen LogP contribution in [-0.2, 0) is 4.79 Å². The summed E-state index contributed by atoms with van der Waals surface area (Å²) < 4.78 is 13.5. The number of rotatable bonds is 9. The predicted molar refractivity (Wildman–Crippen MR) is 141 cm³/mol. The van der Waals surface area contributed by atoms with Gasteiger partial charge in [-0.2, -0.15) is 4.98 Å². The standard InChI is InChI=1S/C26H19ClFN7O2/c27-21-11-19(5-6-22(21)28)34-26-32-14-20(17-3-1-2-16(10-17)4-7-24(36)37)25(35-26)31-13-18(12-29)23-8-9-30-15-33-23/h1-15,18,29H,(H,36,37)(H,32,34,35)/b7-4+,29-12?,31-13?. The number of nitrogens with one attached hydrogen (secondary N) is 2. The molecule has 0 saturated heterocycles. The zero-order chi connectivity index (χ0) is 26.2. The van der Waals surface area contributed by atoms with Gasteiger partial charge in [0.15, 0.2) is 5.82 Å². The van der Waals surface area contributed by atoms with Crippen LogP contribution in [0.5, 0.6) is 0 Å². The van der Waals surface area contributed by atoms with Gasteiger partial charge in [0.1, 0.15) is 12.1 Å². The third-order valence-electron chi connectivity index (χ3n) is 5.04. The molecule has 11 heteroatoms.